The smallest absolute Gasteiger partial charge is 0.308 e. The molecule has 3 rings (SSSR count). The van der Waals surface area contributed by atoms with E-state index in [1.165, 1.54) is 0 Å². The summed E-state index contributed by atoms with van der Waals surface area (Å²) in [6.45, 7) is 2.56. The Labute approximate surface area is 111 Å². The Morgan fingerprint density at radius 3 is 2.68 bits per heavy atom. The number of nitrogens with zero attached hydrogens (tertiary/aromatic N) is 1. The van der Waals surface area contributed by atoms with Gasteiger partial charge < -0.3 is 20.5 Å². The molecule has 6 nitrogen and oxygen atoms in total. The van der Waals surface area contributed by atoms with Crippen molar-refractivity contribution in [3.8, 4) is 0 Å². The van der Waals surface area contributed by atoms with Gasteiger partial charge in [-0.3, -0.25) is 9.59 Å². The number of nitrogens with two attached hydrogens (primary N) is 1. The van der Waals surface area contributed by atoms with Crippen LogP contribution in [0.25, 0.3) is 0 Å². The van der Waals surface area contributed by atoms with Crippen LogP contribution in [0.4, 0.5) is 0 Å². The third-order valence-electron chi connectivity index (χ3n) is 5.09. The molecule has 3 aliphatic heterocycles. The van der Waals surface area contributed by atoms with Crippen LogP contribution in [0.2, 0.25) is 0 Å². The first-order valence-electron chi connectivity index (χ1n) is 6.84. The fraction of sp³-hybridized carbons (Fsp3) is 0.846. The molecule has 0 radical (unpaired) electrons. The predicted molar refractivity (Wildman–Crippen MR) is 66.3 cm³/mol. The summed E-state index contributed by atoms with van der Waals surface area (Å²) in [5.74, 6) is -1.22. The van der Waals surface area contributed by atoms with Crippen LogP contribution in [0.3, 0.4) is 0 Å². The van der Waals surface area contributed by atoms with Gasteiger partial charge in [0.2, 0.25) is 5.91 Å². The molecular formula is C13H20N2O4. The van der Waals surface area contributed by atoms with E-state index in [1.807, 2.05) is 6.92 Å². The number of hydrogen-bond acceptors (Lipinski definition) is 4. The van der Waals surface area contributed by atoms with E-state index < -0.39 is 17.3 Å². The molecule has 0 aromatic rings. The molecule has 106 valence electrons. The number of carboxylic acids is 1. The Morgan fingerprint density at radius 2 is 2.16 bits per heavy atom. The van der Waals surface area contributed by atoms with Crippen molar-refractivity contribution >= 4 is 11.9 Å². The minimum absolute atomic E-state index is 0.0197. The zero-order chi connectivity index (χ0) is 13.8. The summed E-state index contributed by atoms with van der Waals surface area (Å²) in [4.78, 5) is 25.8. The van der Waals surface area contributed by atoms with Crippen LogP contribution >= 0.6 is 0 Å². The molecule has 2 bridgehead atoms. The number of fused-ring (bicyclic) bond motifs is 2. The third kappa shape index (κ3) is 1.70. The van der Waals surface area contributed by atoms with Crippen LogP contribution in [-0.4, -0.2) is 53.2 Å². The maximum Gasteiger partial charge on any atom is 0.308 e. The summed E-state index contributed by atoms with van der Waals surface area (Å²) < 4.78 is 5.33. The van der Waals surface area contributed by atoms with Crippen molar-refractivity contribution in [1.82, 2.24) is 4.90 Å². The van der Waals surface area contributed by atoms with E-state index in [0.717, 1.165) is 12.8 Å². The number of carbonyl (C=O) groups is 2. The van der Waals surface area contributed by atoms with Gasteiger partial charge in [0.15, 0.2) is 0 Å². The zero-order valence-corrected chi connectivity index (χ0v) is 11.0. The van der Waals surface area contributed by atoms with Crippen molar-refractivity contribution in [2.24, 2.45) is 17.1 Å². The van der Waals surface area contributed by atoms with E-state index in [-0.39, 0.29) is 24.0 Å². The highest BCUT2D eigenvalue weighted by Gasteiger charge is 2.56. The quantitative estimate of drug-likeness (QED) is 0.724. The summed E-state index contributed by atoms with van der Waals surface area (Å²) in [5.41, 5.74) is 5.30. The molecule has 3 fully saturated rings. The Kier molecular flexibility index (Phi) is 2.83. The molecule has 0 aromatic carbocycles. The molecule has 3 N–H and O–H groups in total. The van der Waals surface area contributed by atoms with Crippen LogP contribution in [0, 0.1) is 11.3 Å². The first-order valence-corrected chi connectivity index (χ1v) is 6.84. The Morgan fingerprint density at radius 1 is 1.42 bits per heavy atom. The van der Waals surface area contributed by atoms with Gasteiger partial charge in [0, 0.05) is 18.1 Å². The maximum absolute atomic E-state index is 12.8. The standard InChI is InChI=1S/C13H20N2O4/c1-13(6-19-5-10(13)14)12(18)15-7-2-3-9(15)8(4-7)11(16)17/h7-10H,2-6,14H2,1H3,(H,16,17). The maximum atomic E-state index is 12.8. The highest BCUT2D eigenvalue weighted by molar-refractivity contribution is 5.86. The lowest BCUT2D eigenvalue weighted by atomic mass is 9.84. The Bertz CT molecular complexity index is 427. The lowest BCUT2D eigenvalue weighted by molar-refractivity contribution is -0.145. The second kappa shape index (κ2) is 4.18. The van der Waals surface area contributed by atoms with Gasteiger partial charge in [-0.05, 0) is 26.2 Å². The fourth-order valence-electron chi connectivity index (χ4n) is 3.77. The molecule has 0 aliphatic carbocycles. The van der Waals surface area contributed by atoms with Gasteiger partial charge in [-0.1, -0.05) is 0 Å². The third-order valence-corrected chi connectivity index (χ3v) is 5.09. The Hall–Kier alpha value is -1.14. The van der Waals surface area contributed by atoms with Crippen molar-refractivity contribution in [2.45, 2.75) is 44.3 Å². The van der Waals surface area contributed by atoms with E-state index >= 15 is 0 Å². The van der Waals surface area contributed by atoms with E-state index in [4.69, 9.17) is 10.5 Å². The topological polar surface area (TPSA) is 92.9 Å². The number of ether oxygens (including phenoxy) is 1. The van der Waals surface area contributed by atoms with Crippen molar-refractivity contribution in [3.63, 3.8) is 0 Å². The zero-order valence-electron chi connectivity index (χ0n) is 11.0. The molecule has 3 heterocycles. The van der Waals surface area contributed by atoms with Crippen molar-refractivity contribution in [1.29, 1.82) is 0 Å². The van der Waals surface area contributed by atoms with Crippen LogP contribution in [0.5, 0.6) is 0 Å². The molecule has 1 amide bonds. The van der Waals surface area contributed by atoms with Crippen molar-refractivity contribution < 1.29 is 19.4 Å². The lowest BCUT2D eigenvalue weighted by Gasteiger charge is -2.33. The van der Waals surface area contributed by atoms with Crippen LogP contribution in [0.1, 0.15) is 26.2 Å². The summed E-state index contributed by atoms with van der Waals surface area (Å²) in [5, 5.41) is 9.23. The largest absolute Gasteiger partial charge is 0.481 e. The van der Waals surface area contributed by atoms with Gasteiger partial charge in [-0.25, -0.2) is 0 Å². The van der Waals surface area contributed by atoms with E-state index in [2.05, 4.69) is 0 Å². The van der Waals surface area contributed by atoms with E-state index in [9.17, 15) is 14.7 Å². The van der Waals surface area contributed by atoms with Gasteiger partial charge in [0.05, 0.1) is 24.5 Å². The van der Waals surface area contributed by atoms with E-state index in [1.54, 1.807) is 4.90 Å². The van der Waals surface area contributed by atoms with E-state index in [0.29, 0.717) is 19.6 Å². The first kappa shape index (κ1) is 12.9. The average Bonchev–Trinajstić information content (AvgIpc) is 3.03. The Balaban J connectivity index is 1.84. The van der Waals surface area contributed by atoms with Crippen LogP contribution in [-0.2, 0) is 14.3 Å². The molecule has 3 aliphatic rings. The van der Waals surface area contributed by atoms with Crippen LogP contribution < -0.4 is 5.73 Å². The summed E-state index contributed by atoms with van der Waals surface area (Å²) in [6.07, 6.45) is 2.28. The second-order valence-electron chi connectivity index (χ2n) is 6.23. The molecule has 5 unspecified atom stereocenters. The SMILES string of the molecule is CC1(C(=O)N2C3CCC2C(C(=O)O)C3)COCC1N. The predicted octanol–water partition coefficient (Wildman–Crippen LogP) is -0.186. The minimum atomic E-state index is -0.790. The summed E-state index contributed by atoms with van der Waals surface area (Å²) >= 11 is 0. The molecule has 0 aromatic heterocycles. The number of hydrogen-bond donors (Lipinski definition) is 2. The highest BCUT2D eigenvalue weighted by Crippen LogP contribution is 2.45. The number of amides is 1. The summed E-state index contributed by atoms with van der Waals surface area (Å²) in [7, 11) is 0. The van der Waals surface area contributed by atoms with Crippen molar-refractivity contribution in [3.05, 3.63) is 0 Å². The number of rotatable bonds is 2. The van der Waals surface area contributed by atoms with Gasteiger partial charge >= 0.3 is 5.97 Å². The van der Waals surface area contributed by atoms with Crippen LogP contribution in [0.15, 0.2) is 0 Å². The van der Waals surface area contributed by atoms with Crippen molar-refractivity contribution in [2.75, 3.05) is 13.2 Å². The van der Waals surface area contributed by atoms with Gasteiger partial charge in [-0.2, -0.15) is 0 Å². The monoisotopic (exact) mass is 268 g/mol. The first-order chi connectivity index (χ1) is 8.95. The number of aliphatic carboxylic acids is 1. The average molecular weight is 268 g/mol. The van der Waals surface area contributed by atoms with Gasteiger partial charge in [0.1, 0.15) is 0 Å². The molecule has 0 spiro atoms. The molecule has 5 atom stereocenters. The number of carbonyl (C=O) groups excluding carboxylic acids is 1. The second-order valence-corrected chi connectivity index (χ2v) is 6.23. The van der Waals surface area contributed by atoms with Gasteiger partial charge in [0.25, 0.3) is 0 Å². The molecule has 0 saturated carbocycles. The lowest BCUT2D eigenvalue weighted by Crippen LogP contribution is -2.53. The normalized spacial score (nSPS) is 44.8. The van der Waals surface area contributed by atoms with Gasteiger partial charge in [-0.15, -0.1) is 0 Å². The summed E-state index contributed by atoms with van der Waals surface area (Å²) in [6, 6.07) is -0.383. The number of carboxylic acid groups (broad SMARTS) is 1. The highest BCUT2D eigenvalue weighted by atomic mass is 16.5. The molecule has 3 saturated heterocycles. The molecule has 6 heteroatoms. The minimum Gasteiger partial charge on any atom is -0.481 e. The molecular weight excluding hydrogens is 248 g/mol. The fourth-order valence-corrected chi connectivity index (χ4v) is 3.77. The molecule has 19 heavy (non-hydrogen) atoms.